The maximum atomic E-state index is 12.3. The average molecular weight is 305 g/mol. The molecule has 0 heterocycles. The minimum Gasteiger partial charge on any atom is -0.324 e. The third-order valence-corrected chi connectivity index (χ3v) is 2.54. The molecule has 0 amide bonds. The van der Waals surface area contributed by atoms with E-state index in [1.54, 1.807) is 6.92 Å². The van der Waals surface area contributed by atoms with Crippen molar-refractivity contribution in [2.24, 2.45) is 5.73 Å². The number of benzene rings is 1. The van der Waals surface area contributed by atoms with Crippen molar-refractivity contribution >= 4 is 28.3 Å². The van der Waals surface area contributed by atoms with E-state index >= 15 is 0 Å². The van der Waals surface area contributed by atoms with Crippen LogP contribution in [0.5, 0.6) is 0 Å². The van der Waals surface area contributed by atoms with Gasteiger partial charge in [0.15, 0.2) is 0 Å². The average Bonchev–Trinajstić information content (AvgIpc) is 2.02. The predicted molar refractivity (Wildman–Crippen MR) is 59.0 cm³/mol. The molecule has 0 aliphatic rings. The number of alkyl halides is 3. The van der Waals surface area contributed by atoms with Gasteiger partial charge in [0.1, 0.15) is 0 Å². The fourth-order valence-electron chi connectivity index (χ4n) is 1.07. The summed E-state index contributed by atoms with van der Waals surface area (Å²) in [6, 6.07) is 3.03. The van der Waals surface area contributed by atoms with Crippen molar-refractivity contribution in [3.05, 3.63) is 33.8 Å². The monoisotopic (exact) mass is 303 g/mol. The second kappa shape index (κ2) is 5.18. The van der Waals surface area contributed by atoms with E-state index in [4.69, 9.17) is 5.73 Å². The van der Waals surface area contributed by atoms with Crippen molar-refractivity contribution < 1.29 is 13.2 Å². The van der Waals surface area contributed by atoms with Gasteiger partial charge in [-0.3, -0.25) is 0 Å². The molecule has 1 aromatic rings. The van der Waals surface area contributed by atoms with Crippen molar-refractivity contribution in [1.29, 1.82) is 0 Å². The van der Waals surface area contributed by atoms with E-state index < -0.39 is 17.8 Å². The fraction of sp³-hybridized carbons (Fsp3) is 0.333. The standard InChI is InChI=1S/C9H9BrF3N.ClH/c1-5(14)7-4-6(9(11,12)13)2-3-8(7)10;/h2-5H,14H2,1H3;1H/t5-;/m1./s1. The molecule has 0 fully saturated rings. The van der Waals surface area contributed by atoms with Gasteiger partial charge in [-0.05, 0) is 30.7 Å². The first-order chi connectivity index (χ1) is 6.32. The topological polar surface area (TPSA) is 26.0 Å². The van der Waals surface area contributed by atoms with E-state index in [0.29, 0.717) is 10.0 Å². The number of halogens is 5. The van der Waals surface area contributed by atoms with Gasteiger partial charge >= 0.3 is 6.18 Å². The van der Waals surface area contributed by atoms with Gasteiger partial charge in [0, 0.05) is 10.5 Å². The maximum Gasteiger partial charge on any atom is 0.416 e. The van der Waals surface area contributed by atoms with Crippen LogP contribution < -0.4 is 5.73 Å². The third-order valence-electron chi connectivity index (χ3n) is 1.81. The molecule has 2 N–H and O–H groups in total. The van der Waals surface area contributed by atoms with Crippen LogP contribution in [-0.2, 0) is 6.18 Å². The molecule has 0 radical (unpaired) electrons. The molecule has 15 heavy (non-hydrogen) atoms. The minimum absolute atomic E-state index is 0. The van der Waals surface area contributed by atoms with E-state index in [9.17, 15) is 13.2 Å². The van der Waals surface area contributed by atoms with Gasteiger partial charge in [-0.25, -0.2) is 0 Å². The van der Waals surface area contributed by atoms with Crippen molar-refractivity contribution in [1.82, 2.24) is 0 Å². The van der Waals surface area contributed by atoms with Crippen molar-refractivity contribution in [3.63, 3.8) is 0 Å². The van der Waals surface area contributed by atoms with E-state index in [2.05, 4.69) is 15.9 Å². The normalized spacial score (nSPS) is 13.2. The van der Waals surface area contributed by atoms with Gasteiger partial charge in [0.2, 0.25) is 0 Å². The Bertz CT molecular complexity index is 339. The summed E-state index contributed by atoms with van der Waals surface area (Å²) in [6.45, 7) is 1.64. The van der Waals surface area contributed by atoms with Crippen molar-refractivity contribution in [3.8, 4) is 0 Å². The minimum atomic E-state index is -4.32. The lowest BCUT2D eigenvalue weighted by Gasteiger charge is -2.12. The summed E-state index contributed by atoms with van der Waals surface area (Å²) in [5, 5.41) is 0. The highest BCUT2D eigenvalue weighted by molar-refractivity contribution is 9.10. The van der Waals surface area contributed by atoms with Crippen LogP contribution in [0, 0.1) is 0 Å². The molecule has 0 aliphatic heterocycles. The smallest absolute Gasteiger partial charge is 0.324 e. The lowest BCUT2D eigenvalue weighted by molar-refractivity contribution is -0.137. The molecule has 0 aliphatic carbocycles. The number of hydrogen-bond acceptors (Lipinski definition) is 1. The Morgan fingerprint density at radius 2 is 1.87 bits per heavy atom. The molecule has 1 atom stereocenters. The zero-order valence-electron chi connectivity index (χ0n) is 7.81. The zero-order chi connectivity index (χ0) is 10.9. The summed E-state index contributed by atoms with van der Waals surface area (Å²) in [5.74, 6) is 0. The number of nitrogens with two attached hydrogens (primary N) is 1. The van der Waals surface area contributed by atoms with Gasteiger partial charge in [-0.2, -0.15) is 13.2 Å². The Hall–Kier alpha value is -0.260. The van der Waals surface area contributed by atoms with Crippen LogP contribution in [0.2, 0.25) is 0 Å². The first kappa shape index (κ1) is 14.7. The van der Waals surface area contributed by atoms with Crippen LogP contribution in [0.4, 0.5) is 13.2 Å². The van der Waals surface area contributed by atoms with Gasteiger partial charge in [-0.1, -0.05) is 15.9 Å². The molecule has 0 spiro atoms. The van der Waals surface area contributed by atoms with Crippen molar-refractivity contribution in [2.45, 2.75) is 19.1 Å². The van der Waals surface area contributed by atoms with E-state index in [-0.39, 0.29) is 12.4 Å². The molecule has 0 saturated carbocycles. The molecule has 0 saturated heterocycles. The highest BCUT2D eigenvalue weighted by Gasteiger charge is 2.31. The van der Waals surface area contributed by atoms with Crippen LogP contribution in [0.3, 0.4) is 0 Å². The highest BCUT2D eigenvalue weighted by atomic mass is 79.9. The quantitative estimate of drug-likeness (QED) is 0.836. The van der Waals surface area contributed by atoms with Crippen LogP contribution in [0.1, 0.15) is 24.1 Å². The summed E-state index contributed by atoms with van der Waals surface area (Å²) < 4.78 is 37.5. The number of rotatable bonds is 1. The summed E-state index contributed by atoms with van der Waals surface area (Å²) >= 11 is 3.15. The maximum absolute atomic E-state index is 12.3. The first-order valence-corrected chi connectivity index (χ1v) is 4.74. The second-order valence-corrected chi connectivity index (χ2v) is 3.88. The molecule has 0 aromatic heterocycles. The Balaban J connectivity index is 0.00000196. The number of hydrogen-bond donors (Lipinski definition) is 1. The molecular weight excluding hydrogens is 294 g/mol. The Morgan fingerprint density at radius 1 is 1.33 bits per heavy atom. The van der Waals surface area contributed by atoms with Crippen LogP contribution in [0.15, 0.2) is 22.7 Å². The first-order valence-electron chi connectivity index (χ1n) is 3.94. The van der Waals surface area contributed by atoms with E-state index in [0.717, 1.165) is 12.1 Å². The van der Waals surface area contributed by atoms with Gasteiger partial charge < -0.3 is 5.73 Å². The largest absolute Gasteiger partial charge is 0.416 e. The predicted octanol–water partition coefficient (Wildman–Crippen LogP) is 3.91. The van der Waals surface area contributed by atoms with Crippen molar-refractivity contribution in [2.75, 3.05) is 0 Å². The molecule has 1 aromatic carbocycles. The molecule has 0 unspecified atom stereocenters. The lowest BCUT2D eigenvalue weighted by Crippen LogP contribution is -2.10. The zero-order valence-corrected chi connectivity index (χ0v) is 10.2. The summed E-state index contributed by atoms with van der Waals surface area (Å²) in [7, 11) is 0. The summed E-state index contributed by atoms with van der Waals surface area (Å²) in [5.41, 5.74) is 5.31. The third kappa shape index (κ3) is 3.66. The van der Waals surface area contributed by atoms with Crippen LogP contribution in [-0.4, -0.2) is 0 Å². The molecule has 0 bridgehead atoms. The van der Waals surface area contributed by atoms with E-state index in [1.807, 2.05) is 0 Å². The van der Waals surface area contributed by atoms with Crippen LogP contribution in [0.25, 0.3) is 0 Å². The van der Waals surface area contributed by atoms with Gasteiger partial charge in [0.05, 0.1) is 5.56 Å². The Kier molecular flexibility index (Phi) is 5.09. The fourth-order valence-corrected chi connectivity index (χ4v) is 1.68. The second-order valence-electron chi connectivity index (χ2n) is 3.02. The van der Waals surface area contributed by atoms with E-state index in [1.165, 1.54) is 6.07 Å². The SMILES string of the molecule is C[C@@H](N)c1cc(C(F)(F)F)ccc1Br.Cl. The van der Waals surface area contributed by atoms with Gasteiger partial charge in [0.25, 0.3) is 0 Å². The highest BCUT2D eigenvalue weighted by Crippen LogP contribution is 2.33. The molecule has 1 nitrogen and oxygen atoms in total. The van der Waals surface area contributed by atoms with Crippen LogP contribution >= 0.6 is 28.3 Å². The molecule has 1 rings (SSSR count). The summed E-state index contributed by atoms with van der Waals surface area (Å²) in [4.78, 5) is 0. The van der Waals surface area contributed by atoms with Gasteiger partial charge in [-0.15, -0.1) is 12.4 Å². The molecule has 6 heteroatoms. The molecular formula is C9H10BrClF3N. The Morgan fingerprint density at radius 3 is 2.27 bits per heavy atom. The summed E-state index contributed by atoms with van der Waals surface area (Å²) in [6.07, 6.45) is -4.32. The lowest BCUT2D eigenvalue weighted by atomic mass is 10.1. The molecule has 86 valence electrons. The Labute approximate surface area is 100 Å².